The Morgan fingerprint density at radius 1 is 1.00 bits per heavy atom. The predicted molar refractivity (Wildman–Crippen MR) is 46.1 cm³/mol. The molecule has 0 saturated heterocycles. The first kappa shape index (κ1) is 14.2. The van der Waals surface area contributed by atoms with Gasteiger partial charge in [0.2, 0.25) is 0 Å². The maximum Gasteiger partial charge on any atom is 0.433 e. The molecule has 1 rings (SSSR count). The van der Waals surface area contributed by atoms with Gasteiger partial charge in [-0.1, -0.05) is 0 Å². The van der Waals surface area contributed by atoms with Gasteiger partial charge < -0.3 is 0 Å². The van der Waals surface area contributed by atoms with Gasteiger partial charge in [-0.25, -0.2) is 9.97 Å². The fourth-order valence-electron chi connectivity index (χ4n) is 1.31. The number of alkyl halides is 6. The Morgan fingerprint density at radius 2 is 1.39 bits per heavy atom. The van der Waals surface area contributed by atoms with E-state index in [2.05, 4.69) is 9.97 Å². The van der Waals surface area contributed by atoms with Crippen molar-refractivity contribution in [3.8, 4) is 6.07 Å². The van der Waals surface area contributed by atoms with Gasteiger partial charge in [0.15, 0.2) is 11.4 Å². The molecule has 0 aliphatic heterocycles. The van der Waals surface area contributed by atoms with Crippen molar-refractivity contribution in [2.24, 2.45) is 0 Å². The summed E-state index contributed by atoms with van der Waals surface area (Å²) in [5, 5.41) is 8.33. The van der Waals surface area contributed by atoms with Crippen LogP contribution in [0.1, 0.15) is 22.8 Å². The zero-order chi connectivity index (χ0) is 14.1. The van der Waals surface area contributed by atoms with Gasteiger partial charge in [-0.3, -0.25) is 0 Å². The molecule has 1 aromatic rings. The molecule has 0 bridgehead atoms. The minimum atomic E-state index is -5.07. The highest BCUT2D eigenvalue weighted by atomic mass is 19.4. The minimum absolute atomic E-state index is 0.656. The summed E-state index contributed by atoms with van der Waals surface area (Å²) in [7, 11) is 0. The van der Waals surface area contributed by atoms with Crippen LogP contribution in [-0.2, 0) is 18.8 Å². The first-order valence-corrected chi connectivity index (χ1v) is 4.46. The third-order valence-corrected chi connectivity index (χ3v) is 1.91. The standard InChI is InChI=1S/C9H5F6N3/c1-4-17-6(8(10,11)12)5(2-3-16)7(18-4)9(13,14)15/h2H2,1H3. The van der Waals surface area contributed by atoms with Crippen LogP contribution in [0.2, 0.25) is 0 Å². The molecule has 0 atom stereocenters. The highest BCUT2D eigenvalue weighted by Gasteiger charge is 2.43. The van der Waals surface area contributed by atoms with Gasteiger partial charge in [-0.2, -0.15) is 31.6 Å². The van der Waals surface area contributed by atoms with Crippen LogP contribution in [0.15, 0.2) is 0 Å². The average molecular weight is 269 g/mol. The van der Waals surface area contributed by atoms with Gasteiger partial charge >= 0.3 is 12.4 Å². The molecule has 0 spiro atoms. The quantitative estimate of drug-likeness (QED) is 0.736. The number of rotatable bonds is 1. The molecule has 0 aromatic carbocycles. The van der Waals surface area contributed by atoms with Gasteiger partial charge in [0.05, 0.1) is 12.5 Å². The van der Waals surface area contributed by atoms with Crippen molar-refractivity contribution in [1.82, 2.24) is 9.97 Å². The highest BCUT2D eigenvalue weighted by Crippen LogP contribution is 2.37. The van der Waals surface area contributed by atoms with Crippen LogP contribution < -0.4 is 0 Å². The lowest BCUT2D eigenvalue weighted by Crippen LogP contribution is -2.21. The Balaban J connectivity index is 3.63. The van der Waals surface area contributed by atoms with E-state index < -0.39 is 41.5 Å². The molecule has 9 heteroatoms. The third kappa shape index (κ3) is 2.88. The normalized spacial score (nSPS) is 12.3. The molecule has 3 nitrogen and oxygen atoms in total. The van der Waals surface area contributed by atoms with Crippen LogP contribution in [0, 0.1) is 18.3 Å². The molecule has 0 N–H and O–H groups in total. The Bertz CT molecular complexity index is 461. The monoisotopic (exact) mass is 269 g/mol. The van der Waals surface area contributed by atoms with Gasteiger partial charge in [-0.05, 0) is 6.92 Å². The summed E-state index contributed by atoms with van der Waals surface area (Å²) in [5.74, 6) is -0.656. The molecule has 0 saturated carbocycles. The summed E-state index contributed by atoms with van der Waals surface area (Å²) in [5.41, 5.74) is -4.68. The van der Waals surface area contributed by atoms with E-state index in [1.165, 1.54) is 6.07 Å². The molecule has 0 aliphatic carbocycles. The van der Waals surface area contributed by atoms with Gasteiger partial charge in [0, 0.05) is 5.56 Å². The largest absolute Gasteiger partial charge is 0.433 e. The van der Waals surface area contributed by atoms with Crippen LogP contribution in [-0.4, -0.2) is 9.97 Å². The molecular weight excluding hydrogens is 264 g/mol. The predicted octanol–water partition coefficient (Wildman–Crippen LogP) is 2.89. The molecule has 1 aromatic heterocycles. The summed E-state index contributed by atoms with van der Waals surface area (Å²) in [4.78, 5) is 5.90. The van der Waals surface area contributed by atoms with Crippen LogP contribution in [0.3, 0.4) is 0 Å². The van der Waals surface area contributed by atoms with Crippen molar-refractivity contribution in [2.75, 3.05) is 0 Å². The van der Waals surface area contributed by atoms with Crippen LogP contribution >= 0.6 is 0 Å². The van der Waals surface area contributed by atoms with Crippen LogP contribution in [0.4, 0.5) is 26.3 Å². The summed E-state index contributed by atoms with van der Waals surface area (Å²) >= 11 is 0. The fourth-order valence-corrected chi connectivity index (χ4v) is 1.31. The molecule has 0 amide bonds. The Kier molecular flexibility index (Phi) is 3.50. The summed E-state index contributed by atoms with van der Waals surface area (Å²) < 4.78 is 75.3. The molecule has 18 heavy (non-hydrogen) atoms. The number of aromatic nitrogens is 2. The Labute approximate surface area is 97.1 Å². The zero-order valence-electron chi connectivity index (χ0n) is 8.82. The number of nitriles is 1. The van der Waals surface area contributed by atoms with Crippen molar-refractivity contribution in [1.29, 1.82) is 5.26 Å². The van der Waals surface area contributed by atoms with E-state index in [9.17, 15) is 26.3 Å². The second-order valence-corrected chi connectivity index (χ2v) is 3.28. The first-order valence-electron chi connectivity index (χ1n) is 4.46. The molecular formula is C9H5F6N3. The third-order valence-electron chi connectivity index (χ3n) is 1.91. The minimum Gasteiger partial charge on any atom is -0.228 e. The van der Waals surface area contributed by atoms with Gasteiger partial charge in [0.1, 0.15) is 5.82 Å². The second kappa shape index (κ2) is 4.44. The summed E-state index contributed by atoms with van der Waals surface area (Å²) in [6.07, 6.45) is -11.2. The van der Waals surface area contributed by atoms with Gasteiger partial charge in [0.25, 0.3) is 0 Å². The van der Waals surface area contributed by atoms with Crippen molar-refractivity contribution >= 4 is 0 Å². The lowest BCUT2D eigenvalue weighted by atomic mass is 10.1. The number of nitrogens with zero attached hydrogens (tertiary/aromatic N) is 3. The van der Waals surface area contributed by atoms with E-state index in [1.54, 1.807) is 0 Å². The number of halogens is 6. The topological polar surface area (TPSA) is 49.6 Å². The average Bonchev–Trinajstić information content (AvgIpc) is 2.17. The van der Waals surface area contributed by atoms with Crippen molar-refractivity contribution in [2.45, 2.75) is 25.7 Å². The Morgan fingerprint density at radius 3 is 1.67 bits per heavy atom. The molecule has 98 valence electrons. The fraction of sp³-hybridized carbons (Fsp3) is 0.444. The highest BCUT2D eigenvalue weighted by molar-refractivity contribution is 5.32. The van der Waals surface area contributed by atoms with Crippen LogP contribution in [0.5, 0.6) is 0 Å². The molecule has 0 aliphatic rings. The molecule has 0 fully saturated rings. The SMILES string of the molecule is Cc1nc(C(F)(F)F)c(CC#N)c(C(F)(F)F)n1. The Hall–Kier alpha value is -1.85. The van der Waals surface area contributed by atoms with Crippen LogP contribution in [0.25, 0.3) is 0 Å². The van der Waals surface area contributed by atoms with E-state index in [-0.39, 0.29) is 0 Å². The van der Waals surface area contributed by atoms with E-state index in [0.29, 0.717) is 0 Å². The van der Waals surface area contributed by atoms with Crippen molar-refractivity contribution in [3.63, 3.8) is 0 Å². The molecule has 1 heterocycles. The lowest BCUT2D eigenvalue weighted by molar-refractivity contribution is -0.149. The maximum atomic E-state index is 12.6. The summed E-state index contributed by atoms with van der Waals surface area (Å²) in [6.45, 7) is 0.917. The number of hydrogen-bond acceptors (Lipinski definition) is 3. The van der Waals surface area contributed by atoms with E-state index >= 15 is 0 Å². The van der Waals surface area contributed by atoms with E-state index in [1.807, 2.05) is 0 Å². The van der Waals surface area contributed by atoms with E-state index in [4.69, 9.17) is 5.26 Å². The summed E-state index contributed by atoms with van der Waals surface area (Å²) in [6, 6.07) is 1.25. The molecule has 0 unspecified atom stereocenters. The number of aryl methyl sites for hydroxylation is 1. The lowest BCUT2D eigenvalue weighted by Gasteiger charge is -2.16. The number of hydrogen-bond donors (Lipinski definition) is 0. The van der Waals surface area contributed by atoms with E-state index in [0.717, 1.165) is 6.92 Å². The smallest absolute Gasteiger partial charge is 0.228 e. The first-order chi connectivity index (χ1) is 8.07. The maximum absolute atomic E-state index is 12.6. The van der Waals surface area contributed by atoms with Crippen molar-refractivity contribution < 1.29 is 26.3 Å². The molecule has 0 radical (unpaired) electrons. The van der Waals surface area contributed by atoms with Gasteiger partial charge in [-0.15, -0.1) is 0 Å². The zero-order valence-corrected chi connectivity index (χ0v) is 8.82. The van der Waals surface area contributed by atoms with Crippen molar-refractivity contribution in [3.05, 3.63) is 22.8 Å². The second-order valence-electron chi connectivity index (χ2n) is 3.28.